The molecule has 1 aromatic carbocycles. The first kappa shape index (κ1) is 22.1. The molecule has 1 aliphatic heterocycles. The number of pyridine rings is 1. The molecule has 32 heavy (non-hydrogen) atoms. The van der Waals surface area contributed by atoms with Gasteiger partial charge in [0.2, 0.25) is 0 Å². The number of sulfone groups is 1. The fourth-order valence-electron chi connectivity index (χ4n) is 4.16. The Morgan fingerprint density at radius 2 is 2.09 bits per heavy atom. The average molecular weight is 457 g/mol. The number of imidazole rings is 1. The minimum Gasteiger partial charge on any atom is -0.497 e. The second kappa shape index (κ2) is 9.20. The van der Waals surface area contributed by atoms with E-state index in [1.807, 2.05) is 48.7 Å². The summed E-state index contributed by atoms with van der Waals surface area (Å²) in [5, 5.41) is 2.73. The molecule has 3 aromatic rings. The van der Waals surface area contributed by atoms with Crippen LogP contribution < -0.4 is 10.1 Å². The number of benzene rings is 1. The van der Waals surface area contributed by atoms with Crippen molar-refractivity contribution in [3.05, 3.63) is 54.5 Å². The number of carbonyl (C=O) groups excluding carboxylic acids is 1. The Labute approximate surface area is 188 Å². The van der Waals surface area contributed by atoms with Gasteiger partial charge in [-0.3, -0.25) is 0 Å². The van der Waals surface area contributed by atoms with Gasteiger partial charge in [-0.05, 0) is 37.1 Å². The molecule has 1 aliphatic rings. The molecule has 3 heterocycles. The quantitative estimate of drug-likeness (QED) is 0.616. The van der Waals surface area contributed by atoms with Crippen molar-refractivity contribution >= 4 is 21.4 Å². The predicted octanol–water partition coefficient (Wildman–Crippen LogP) is 2.94. The Kier molecular flexibility index (Phi) is 6.36. The monoisotopic (exact) mass is 456 g/mol. The highest BCUT2D eigenvalue weighted by Gasteiger charge is 2.28. The van der Waals surface area contributed by atoms with Crippen LogP contribution in [0.3, 0.4) is 0 Å². The van der Waals surface area contributed by atoms with Gasteiger partial charge in [-0.1, -0.05) is 18.2 Å². The van der Waals surface area contributed by atoms with Gasteiger partial charge in [-0.15, -0.1) is 0 Å². The van der Waals surface area contributed by atoms with Crippen LogP contribution in [0, 0.1) is 0 Å². The zero-order valence-electron chi connectivity index (χ0n) is 18.3. The van der Waals surface area contributed by atoms with Crippen LogP contribution in [0.1, 0.15) is 24.6 Å². The number of nitrogens with zero attached hydrogens (tertiary/aromatic N) is 3. The number of rotatable bonds is 6. The lowest BCUT2D eigenvalue weighted by Gasteiger charge is -2.32. The number of aromatic nitrogens is 2. The molecule has 1 N–H and O–H groups in total. The average Bonchev–Trinajstić information content (AvgIpc) is 3.18. The van der Waals surface area contributed by atoms with Crippen LogP contribution in [0.4, 0.5) is 4.79 Å². The Hall–Kier alpha value is -3.07. The number of likely N-dealkylation sites (tertiary alicyclic amines) is 1. The largest absolute Gasteiger partial charge is 0.497 e. The zero-order chi connectivity index (χ0) is 22.7. The van der Waals surface area contributed by atoms with Crippen molar-refractivity contribution in [1.29, 1.82) is 0 Å². The fraction of sp³-hybridized carbons (Fsp3) is 0.391. The molecule has 0 radical (unpaired) electrons. The van der Waals surface area contributed by atoms with E-state index in [4.69, 9.17) is 9.72 Å². The summed E-state index contributed by atoms with van der Waals surface area (Å²) in [6.45, 7) is 1.30. The van der Waals surface area contributed by atoms with Crippen LogP contribution in [0.15, 0.2) is 48.7 Å². The van der Waals surface area contributed by atoms with Gasteiger partial charge in [0.1, 0.15) is 21.4 Å². The molecular formula is C23H28N4O4S. The van der Waals surface area contributed by atoms with Gasteiger partial charge in [0, 0.05) is 43.6 Å². The molecular weight excluding hydrogens is 428 g/mol. The van der Waals surface area contributed by atoms with Gasteiger partial charge in [0.15, 0.2) is 0 Å². The van der Waals surface area contributed by atoms with Gasteiger partial charge in [0.25, 0.3) is 0 Å². The van der Waals surface area contributed by atoms with Gasteiger partial charge < -0.3 is 19.4 Å². The number of amides is 2. The predicted molar refractivity (Wildman–Crippen MR) is 124 cm³/mol. The van der Waals surface area contributed by atoms with Crippen molar-refractivity contribution in [1.82, 2.24) is 19.6 Å². The SMILES string of the molecule is COc1cccc(-c2nc([C@@H]3CCCN(C(=O)NCCS(C)(=O)=O)C3)n3ccccc23)c1. The van der Waals surface area contributed by atoms with E-state index in [1.165, 1.54) is 6.26 Å². The maximum atomic E-state index is 12.6. The highest BCUT2D eigenvalue weighted by atomic mass is 32.2. The standard InChI is InChI=1S/C23H28N4O4S/c1-31-19-9-5-7-17(15-19)21-20-10-3-4-13-27(20)22(25-21)18-8-6-12-26(16-18)23(28)24-11-14-32(2,29)30/h3-5,7,9-10,13,15,18H,6,8,11-12,14,16H2,1-2H3,(H,24,28)/t18-/m1/s1. The van der Waals surface area contributed by atoms with Crippen LogP contribution in [0.2, 0.25) is 0 Å². The van der Waals surface area contributed by atoms with Gasteiger partial charge in [-0.25, -0.2) is 18.2 Å². The van der Waals surface area contributed by atoms with E-state index in [0.29, 0.717) is 13.1 Å². The van der Waals surface area contributed by atoms with E-state index >= 15 is 0 Å². The Morgan fingerprint density at radius 3 is 2.88 bits per heavy atom. The van der Waals surface area contributed by atoms with Crippen LogP contribution in [-0.4, -0.2) is 67.5 Å². The van der Waals surface area contributed by atoms with E-state index in [-0.39, 0.29) is 24.2 Å². The van der Waals surface area contributed by atoms with Crippen molar-refractivity contribution in [2.75, 3.05) is 38.8 Å². The number of methoxy groups -OCH3 is 1. The zero-order valence-corrected chi connectivity index (χ0v) is 19.1. The maximum Gasteiger partial charge on any atom is 0.317 e. The Balaban J connectivity index is 1.58. The van der Waals surface area contributed by atoms with Gasteiger partial charge in [-0.2, -0.15) is 0 Å². The second-order valence-corrected chi connectivity index (χ2v) is 10.4. The third kappa shape index (κ3) is 4.88. The number of carbonyl (C=O) groups is 1. The van der Waals surface area contributed by atoms with Crippen molar-refractivity contribution in [3.8, 4) is 17.0 Å². The lowest BCUT2D eigenvalue weighted by molar-refractivity contribution is 0.179. The highest BCUT2D eigenvalue weighted by Crippen LogP contribution is 2.33. The summed E-state index contributed by atoms with van der Waals surface area (Å²) >= 11 is 0. The molecule has 1 atom stereocenters. The molecule has 0 unspecified atom stereocenters. The van der Waals surface area contributed by atoms with E-state index in [0.717, 1.165) is 41.2 Å². The van der Waals surface area contributed by atoms with E-state index < -0.39 is 9.84 Å². The summed E-state index contributed by atoms with van der Waals surface area (Å²) in [6.07, 6.45) is 4.96. The first-order valence-corrected chi connectivity index (χ1v) is 12.7. The molecule has 1 fully saturated rings. The van der Waals surface area contributed by atoms with E-state index in [2.05, 4.69) is 9.72 Å². The number of ether oxygens (including phenoxy) is 1. The van der Waals surface area contributed by atoms with Crippen LogP contribution >= 0.6 is 0 Å². The Morgan fingerprint density at radius 1 is 1.25 bits per heavy atom. The smallest absolute Gasteiger partial charge is 0.317 e. The Bertz CT molecular complexity index is 1220. The lowest BCUT2D eigenvalue weighted by Crippen LogP contribution is -2.46. The summed E-state index contributed by atoms with van der Waals surface area (Å²) in [5.41, 5.74) is 2.87. The number of fused-ring (bicyclic) bond motifs is 1. The molecule has 0 spiro atoms. The molecule has 9 heteroatoms. The number of hydrogen-bond donors (Lipinski definition) is 1. The molecule has 0 bridgehead atoms. The van der Waals surface area contributed by atoms with E-state index in [1.54, 1.807) is 12.0 Å². The summed E-state index contributed by atoms with van der Waals surface area (Å²) in [7, 11) is -1.47. The highest BCUT2D eigenvalue weighted by molar-refractivity contribution is 7.90. The number of piperidine rings is 1. The summed E-state index contributed by atoms with van der Waals surface area (Å²) in [5.74, 6) is 1.71. The number of hydrogen-bond acceptors (Lipinski definition) is 5. The van der Waals surface area contributed by atoms with Crippen molar-refractivity contribution in [3.63, 3.8) is 0 Å². The number of urea groups is 1. The minimum atomic E-state index is -3.11. The number of nitrogens with one attached hydrogen (secondary N) is 1. The first-order chi connectivity index (χ1) is 15.4. The molecule has 1 saturated heterocycles. The molecule has 2 amide bonds. The van der Waals surface area contributed by atoms with Gasteiger partial charge >= 0.3 is 6.03 Å². The minimum absolute atomic E-state index is 0.0647. The molecule has 0 aliphatic carbocycles. The summed E-state index contributed by atoms with van der Waals surface area (Å²) in [4.78, 5) is 19.4. The van der Waals surface area contributed by atoms with Crippen LogP contribution in [0.25, 0.3) is 16.8 Å². The summed E-state index contributed by atoms with van der Waals surface area (Å²) in [6, 6.07) is 13.6. The maximum absolute atomic E-state index is 12.6. The molecule has 0 saturated carbocycles. The molecule has 2 aromatic heterocycles. The van der Waals surface area contributed by atoms with Crippen molar-refractivity contribution in [2.24, 2.45) is 0 Å². The third-order valence-electron chi connectivity index (χ3n) is 5.74. The molecule has 4 rings (SSSR count). The third-order valence-corrected chi connectivity index (χ3v) is 6.69. The molecule has 170 valence electrons. The van der Waals surface area contributed by atoms with Gasteiger partial charge in [0.05, 0.1) is 24.1 Å². The van der Waals surface area contributed by atoms with Crippen molar-refractivity contribution < 1.29 is 17.9 Å². The second-order valence-electron chi connectivity index (χ2n) is 8.15. The first-order valence-electron chi connectivity index (χ1n) is 10.7. The van der Waals surface area contributed by atoms with Crippen molar-refractivity contribution in [2.45, 2.75) is 18.8 Å². The van der Waals surface area contributed by atoms with Crippen LogP contribution in [0.5, 0.6) is 5.75 Å². The summed E-state index contributed by atoms with van der Waals surface area (Å²) < 4.78 is 30.1. The topological polar surface area (TPSA) is 93.0 Å². The lowest BCUT2D eigenvalue weighted by atomic mass is 9.97. The molecule has 8 nitrogen and oxygen atoms in total. The van der Waals surface area contributed by atoms with Crippen LogP contribution in [-0.2, 0) is 9.84 Å². The van der Waals surface area contributed by atoms with E-state index in [9.17, 15) is 13.2 Å². The fourth-order valence-corrected chi connectivity index (χ4v) is 4.63. The normalized spacial score (nSPS) is 16.8.